The maximum absolute atomic E-state index is 12.0. The summed E-state index contributed by atoms with van der Waals surface area (Å²) < 4.78 is 0. The third-order valence-corrected chi connectivity index (χ3v) is 4.20. The molecule has 5 heteroatoms. The lowest BCUT2D eigenvalue weighted by molar-refractivity contribution is -0.131. The highest BCUT2D eigenvalue weighted by molar-refractivity contribution is 5.85. The maximum Gasteiger partial charge on any atom is 0.241 e. The van der Waals surface area contributed by atoms with Gasteiger partial charge in [0.05, 0.1) is 13.1 Å². The number of amides is 2. The SMILES string of the molecule is CN(C)C(=O)CNC(=O)CN(C)[C@H]1CCCc2ccccc21. The fraction of sp³-hybridized carbons (Fsp3) is 0.529. The first-order valence-corrected chi connectivity index (χ1v) is 7.74. The van der Waals surface area contributed by atoms with Gasteiger partial charge in [-0.3, -0.25) is 14.5 Å². The second-order valence-corrected chi connectivity index (χ2v) is 6.09. The number of benzene rings is 1. The molecule has 120 valence electrons. The van der Waals surface area contributed by atoms with Crippen molar-refractivity contribution < 1.29 is 9.59 Å². The molecule has 5 nitrogen and oxygen atoms in total. The van der Waals surface area contributed by atoms with Crippen LogP contribution < -0.4 is 5.32 Å². The number of carbonyl (C=O) groups is 2. The molecular weight excluding hydrogens is 278 g/mol. The normalized spacial score (nSPS) is 17.0. The minimum atomic E-state index is -0.110. The van der Waals surface area contributed by atoms with Crippen molar-refractivity contribution >= 4 is 11.8 Å². The molecule has 1 aliphatic carbocycles. The smallest absolute Gasteiger partial charge is 0.241 e. The average Bonchev–Trinajstić information content (AvgIpc) is 2.51. The van der Waals surface area contributed by atoms with Gasteiger partial charge in [0.25, 0.3) is 0 Å². The van der Waals surface area contributed by atoms with Crippen molar-refractivity contribution in [2.45, 2.75) is 25.3 Å². The van der Waals surface area contributed by atoms with Crippen LogP contribution in [0.5, 0.6) is 0 Å². The number of hydrogen-bond acceptors (Lipinski definition) is 3. The number of nitrogens with one attached hydrogen (secondary N) is 1. The van der Waals surface area contributed by atoms with Crippen LogP contribution in [0.1, 0.15) is 30.0 Å². The molecular formula is C17H25N3O2. The average molecular weight is 303 g/mol. The minimum Gasteiger partial charge on any atom is -0.347 e. The predicted molar refractivity (Wildman–Crippen MR) is 86.5 cm³/mol. The fourth-order valence-electron chi connectivity index (χ4n) is 2.91. The standard InChI is InChI=1S/C17H25N3O2/c1-19(2)17(22)11-18-16(21)12-20(3)15-10-6-8-13-7-4-5-9-14(13)15/h4-5,7,9,15H,6,8,10-12H2,1-3H3,(H,18,21)/t15-/m0/s1. The predicted octanol–water partition coefficient (Wildman–Crippen LogP) is 1.20. The Bertz CT molecular complexity index is 542. The second-order valence-electron chi connectivity index (χ2n) is 6.09. The fourth-order valence-corrected chi connectivity index (χ4v) is 2.91. The first-order valence-electron chi connectivity index (χ1n) is 7.74. The van der Waals surface area contributed by atoms with Crippen molar-refractivity contribution in [2.24, 2.45) is 0 Å². The van der Waals surface area contributed by atoms with Crippen molar-refractivity contribution in [2.75, 3.05) is 34.2 Å². The molecule has 0 saturated carbocycles. The number of likely N-dealkylation sites (N-methyl/N-ethyl adjacent to an activating group) is 2. The Hall–Kier alpha value is -1.88. The zero-order valence-corrected chi connectivity index (χ0v) is 13.6. The van der Waals surface area contributed by atoms with Gasteiger partial charge in [-0.1, -0.05) is 24.3 Å². The van der Waals surface area contributed by atoms with E-state index in [2.05, 4.69) is 34.5 Å². The van der Waals surface area contributed by atoms with Crippen LogP contribution in [0.15, 0.2) is 24.3 Å². The quantitative estimate of drug-likeness (QED) is 0.889. The van der Waals surface area contributed by atoms with Crippen LogP contribution in [0, 0.1) is 0 Å². The first-order chi connectivity index (χ1) is 10.5. The molecule has 0 bridgehead atoms. The Labute approximate surface area is 132 Å². The van der Waals surface area contributed by atoms with Gasteiger partial charge in [-0.2, -0.15) is 0 Å². The molecule has 0 fully saturated rings. The van der Waals surface area contributed by atoms with E-state index in [1.807, 2.05) is 7.05 Å². The maximum atomic E-state index is 12.0. The summed E-state index contributed by atoms with van der Waals surface area (Å²) in [4.78, 5) is 27.1. The van der Waals surface area contributed by atoms with Crippen molar-refractivity contribution in [3.63, 3.8) is 0 Å². The summed E-state index contributed by atoms with van der Waals surface area (Å²) in [7, 11) is 5.33. The highest BCUT2D eigenvalue weighted by Crippen LogP contribution is 2.33. The van der Waals surface area contributed by atoms with Crippen molar-refractivity contribution in [1.29, 1.82) is 0 Å². The van der Waals surface area contributed by atoms with Gasteiger partial charge in [-0.05, 0) is 37.4 Å². The molecule has 0 saturated heterocycles. The Morgan fingerprint density at radius 2 is 1.95 bits per heavy atom. The minimum absolute atomic E-state index is 0.0565. The van der Waals surface area contributed by atoms with Crippen LogP contribution in [0.4, 0.5) is 0 Å². The van der Waals surface area contributed by atoms with E-state index >= 15 is 0 Å². The van der Waals surface area contributed by atoms with E-state index in [0.717, 1.165) is 19.3 Å². The Balaban J connectivity index is 1.91. The van der Waals surface area contributed by atoms with Crippen LogP contribution in [0.25, 0.3) is 0 Å². The van der Waals surface area contributed by atoms with E-state index < -0.39 is 0 Å². The van der Waals surface area contributed by atoms with E-state index in [9.17, 15) is 9.59 Å². The molecule has 1 atom stereocenters. The summed E-state index contributed by atoms with van der Waals surface area (Å²) in [5.74, 6) is -0.209. The van der Waals surface area contributed by atoms with Gasteiger partial charge in [0.1, 0.15) is 0 Å². The molecule has 22 heavy (non-hydrogen) atoms. The lowest BCUT2D eigenvalue weighted by atomic mass is 9.87. The molecule has 0 radical (unpaired) electrons. The Morgan fingerprint density at radius 1 is 1.23 bits per heavy atom. The highest BCUT2D eigenvalue weighted by atomic mass is 16.2. The highest BCUT2D eigenvalue weighted by Gasteiger charge is 2.24. The molecule has 0 unspecified atom stereocenters. The molecule has 0 spiro atoms. The van der Waals surface area contributed by atoms with Gasteiger partial charge < -0.3 is 10.2 Å². The molecule has 2 amide bonds. The van der Waals surface area contributed by atoms with E-state index in [1.54, 1.807) is 14.1 Å². The zero-order valence-electron chi connectivity index (χ0n) is 13.6. The van der Waals surface area contributed by atoms with Crippen molar-refractivity contribution in [3.8, 4) is 0 Å². The van der Waals surface area contributed by atoms with Crippen LogP contribution >= 0.6 is 0 Å². The lowest BCUT2D eigenvalue weighted by Crippen LogP contribution is -2.42. The molecule has 1 aromatic carbocycles. The van der Waals surface area contributed by atoms with Gasteiger partial charge in [-0.25, -0.2) is 0 Å². The molecule has 0 heterocycles. The number of hydrogen-bond donors (Lipinski definition) is 1. The van der Waals surface area contributed by atoms with Gasteiger partial charge in [-0.15, -0.1) is 0 Å². The van der Waals surface area contributed by atoms with E-state index in [4.69, 9.17) is 0 Å². The summed E-state index contributed by atoms with van der Waals surface area (Å²) >= 11 is 0. The topological polar surface area (TPSA) is 52.7 Å². The summed E-state index contributed by atoms with van der Waals surface area (Å²) in [5, 5.41) is 2.69. The van der Waals surface area contributed by atoms with Gasteiger partial charge in [0, 0.05) is 20.1 Å². The number of fused-ring (bicyclic) bond motifs is 1. The zero-order chi connectivity index (χ0) is 16.1. The molecule has 1 N–H and O–H groups in total. The molecule has 2 rings (SSSR count). The van der Waals surface area contributed by atoms with Crippen molar-refractivity contribution in [1.82, 2.24) is 15.1 Å². The van der Waals surface area contributed by atoms with Crippen LogP contribution in [0.2, 0.25) is 0 Å². The van der Waals surface area contributed by atoms with Gasteiger partial charge >= 0.3 is 0 Å². The summed E-state index contributed by atoms with van der Waals surface area (Å²) in [6.07, 6.45) is 3.33. The van der Waals surface area contributed by atoms with E-state index in [1.165, 1.54) is 16.0 Å². The van der Waals surface area contributed by atoms with Gasteiger partial charge in [0.15, 0.2) is 0 Å². The van der Waals surface area contributed by atoms with Crippen LogP contribution in [0.3, 0.4) is 0 Å². The van der Waals surface area contributed by atoms with Gasteiger partial charge in [0.2, 0.25) is 11.8 Å². The summed E-state index contributed by atoms with van der Waals surface area (Å²) in [6.45, 7) is 0.362. The van der Waals surface area contributed by atoms with E-state index in [0.29, 0.717) is 6.54 Å². The lowest BCUT2D eigenvalue weighted by Gasteiger charge is -2.32. The number of rotatable bonds is 5. The Morgan fingerprint density at radius 3 is 2.68 bits per heavy atom. The largest absolute Gasteiger partial charge is 0.347 e. The second kappa shape index (κ2) is 7.40. The van der Waals surface area contributed by atoms with E-state index in [-0.39, 0.29) is 24.4 Å². The van der Waals surface area contributed by atoms with Crippen molar-refractivity contribution in [3.05, 3.63) is 35.4 Å². The van der Waals surface area contributed by atoms with Crippen LogP contribution in [-0.4, -0.2) is 55.8 Å². The number of carbonyl (C=O) groups excluding carboxylic acids is 2. The number of nitrogens with zero attached hydrogens (tertiary/aromatic N) is 2. The molecule has 0 aliphatic heterocycles. The Kier molecular flexibility index (Phi) is 5.55. The third-order valence-electron chi connectivity index (χ3n) is 4.20. The summed E-state index contributed by atoms with van der Waals surface area (Å²) in [5.41, 5.74) is 2.71. The summed E-state index contributed by atoms with van der Waals surface area (Å²) in [6, 6.07) is 8.73. The third kappa shape index (κ3) is 4.07. The number of aryl methyl sites for hydroxylation is 1. The first kappa shape index (κ1) is 16.5. The molecule has 1 aliphatic rings. The molecule has 0 aromatic heterocycles. The molecule has 1 aromatic rings. The van der Waals surface area contributed by atoms with Crippen LogP contribution in [-0.2, 0) is 16.0 Å². The monoisotopic (exact) mass is 303 g/mol.